The third-order valence-electron chi connectivity index (χ3n) is 2.64. The zero-order valence-corrected chi connectivity index (χ0v) is 10.9. The van der Waals surface area contributed by atoms with E-state index in [2.05, 4.69) is 15.6 Å². The maximum Gasteiger partial charge on any atom is 0.231 e. The number of rotatable bonds is 4. The van der Waals surface area contributed by atoms with Crippen LogP contribution in [-0.4, -0.2) is 23.3 Å². The van der Waals surface area contributed by atoms with Gasteiger partial charge in [-0.15, -0.1) is 0 Å². The average molecular weight is 274 g/mol. The second kappa shape index (κ2) is 6.10. The van der Waals surface area contributed by atoms with E-state index < -0.39 is 18.0 Å². The number of anilines is 1. The lowest BCUT2D eigenvalue weighted by molar-refractivity contribution is -0.120. The van der Waals surface area contributed by atoms with Crippen molar-refractivity contribution >= 4 is 35.0 Å². The van der Waals surface area contributed by atoms with Gasteiger partial charge >= 0.3 is 0 Å². The van der Waals surface area contributed by atoms with Gasteiger partial charge in [0.05, 0.1) is 4.99 Å². The van der Waals surface area contributed by atoms with Crippen molar-refractivity contribution in [1.29, 1.82) is 0 Å². The Hall–Kier alpha value is -2.21. The van der Waals surface area contributed by atoms with Crippen LogP contribution in [0.1, 0.15) is 0 Å². The summed E-state index contributed by atoms with van der Waals surface area (Å²) >= 11 is 5.26. The third kappa shape index (κ3) is 3.38. The van der Waals surface area contributed by atoms with Crippen molar-refractivity contribution in [3.8, 4) is 0 Å². The second-order valence-electron chi connectivity index (χ2n) is 4.00. The molecule has 6 heteroatoms. The van der Waals surface area contributed by atoms with Crippen LogP contribution >= 0.6 is 12.2 Å². The fourth-order valence-electron chi connectivity index (χ4n) is 1.73. The van der Waals surface area contributed by atoms with Crippen molar-refractivity contribution in [3.05, 3.63) is 42.6 Å². The van der Waals surface area contributed by atoms with Crippen molar-refractivity contribution in [3.63, 3.8) is 0 Å². The van der Waals surface area contributed by atoms with Gasteiger partial charge in [-0.1, -0.05) is 30.4 Å². The average Bonchev–Trinajstić information content (AvgIpc) is 2.40. The Morgan fingerprint density at radius 1 is 1.42 bits per heavy atom. The smallest absolute Gasteiger partial charge is 0.231 e. The monoisotopic (exact) mass is 274 g/mol. The minimum atomic E-state index is -0.698. The van der Waals surface area contributed by atoms with Gasteiger partial charge in [-0.3, -0.25) is 9.79 Å². The van der Waals surface area contributed by atoms with Crippen LogP contribution in [0.4, 0.5) is 5.69 Å². The van der Waals surface area contributed by atoms with Crippen LogP contribution in [0.25, 0.3) is 0 Å². The van der Waals surface area contributed by atoms with Gasteiger partial charge in [-0.25, -0.2) is 0 Å². The number of amides is 1. The lowest BCUT2D eigenvalue weighted by atomic mass is 10.0. The molecule has 0 radical (unpaired) electrons. The minimum absolute atomic E-state index is 0.351. The summed E-state index contributed by atoms with van der Waals surface area (Å²) in [7, 11) is 0. The summed E-state index contributed by atoms with van der Waals surface area (Å²) in [5.41, 5.74) is 6.23. The number of nitrogens with two attached hydrogens (primary N) is 1. The quantitative estimate of drug-likeness (QED) is 0.717. The van der Waals surface area contributed by atoms with Crippen molar-refractivity contribution in [2.75, 3.05) is 5.32 Å². The van der Waals surface area contributed by atoms with E-state index in [9.17, 15) is 4.79 Å². The highest BCUT2D eigenvalue weighted by Crippen LogP contribution is 2.14. The van der Waals surface area contributed by atoms with E-state index in [4.69, 9.17) is 18.0 Å². The highest BCUT2D eigenvalue weighted by atomic mass is 32.1. The summed E-state index contributed by atoms with van der Waals surface area (Å²) in [6, 6.07) is 9.38. The molecule has 0 aliphatic carbocycles. The van der Waals surface area contributed by atoms with Crippen LogP contribution in [0, 0.1) is 5.92 Å². The molecule has 0 saturated heterocycles. The van der Waals surface area contributed by atoms with Crippen molar-refractivity contribution in [2.45, 2.75) is 6.17 Å². The first-order chi connectivity index (χ1) is 9.18. The first kappa shape index (κ1) is 13.2. The molecule has 2 rings (SSSR count). The van der Waals surface area contributed by atoms with Crippen LogP contribution in [-0.2, 0) is 4.79 Å². The molecule has 2 unspecified atom stereocenters. The zero-order chi connectivity index (χ0) is 13.7. The number of nitrogens with one attached hydrogen (secondary N) is 2. The fourth-order valence-corrected chi connectivity index (χ4v) is 2.10. The number of hydrogen-bond acceptors (Lipinski definition) is 4. The Bertz CT molecular complexity index is 527. The van der Waals surface area contributed by atoms with Crippen LogP contribution in [0.5, 0.6) is 0 Å². The Morgan fingerprint density at radius 2 is 2.16 bits per heavy atom. The Morgan fingerprint density at radius 3 is 2.74 bits per heavy atom. The minimum Gasteiger partial charge on any atom is -0.369 e. The molecule has 1 aromatic carbocycles. The largest absolute Gasteiger partial charge is 0.369 e. The molecule has 0 saturated carbocycles. The number of para-hydroxylation sites is 1. The summed E-state index contributed by atoms with van der Waals surface area (Å²) in [5.74, 6) is -1.21. The van der Waals surface area contributed by atoms with Gasteiger partial charge in [0, 0.05) is 11.9 Å². The van der Waals surface area contributed by atoms with Gasteiger partial charge < -0.3 is 16.4 Å². The number of carbonyl (C=O) groups excluding carboxylic acids is 1. The van der Waals surface area contributed by atoms with E-state index in [1.807, 2.05) is 30.3 Å². The molecule has 1 aromatic rings. The molecule has 19 heavy (non-hydrogen) atoms. The third-order valence-corrected chi connectivity index (χ3v) is 3.00. The zero-order valence-electron chi connectivity index (χ0n) is 10.1. The molecule has 1 aliphatic rings. The first-order valence-electron chi connectivity index (χ1n) is 5.78. The van der Waals surface area contributed by atoms with Crippen LogP contribution in [0.3, 0.4) is 0 Å². The lowest BCUT2D eigenvalue weighted by Crippen LogP contribution is -2.46. The van der Waals surface area contributed by atoms with Gasteiger partial charge in [0.15, 0.2) is 0 Å². The molecule has 1 heterocycles. The SMILES string of the molecule is NC(=O)C(C(=S)Nc1ccccc1)C1N=CC=CN1. The number of primary amides is 1. The van der Waals surface area contributed by atoms with Gasteiger partial charge in [0.2, 0.25) is 5.91 Å². The summed E-state index contributed by atoms with van der Waals surface area (Å²) < 4.78 is 0. The molecule has 1 aliphatic heterocycles. The number of carbonyl (C=O) groups is 1. The van der Waals surface area contributed by atoms with Crippen LogP contribution in [0.2, 0.25) is 0 Å². The van der Waals surface area contributed by atoms with Gasteiger partial charge in [0.25, 0.3) is 0 Å². The second-order valence-corrected chi connectivity index (χ2v) is 4.44. The number of allylic oxidation sites excluding steroid dienone is 1. The molecule has 1 amide bonds. The maximum atomic E-state index is 11.6. The Kier molecular flexibility index (Phi) is 4.25. The normalized spacial score (nSPS) is 18.4. The number of nitrogens with zero attached hydrogens (tertiary/aromatic N) is 1. The molecule has 98 valence electrons. The highest BCUT2D eigenvalue weighted by Gasteiger charge is 2.30. The predicted octanol–water partition coefficient (Wildman–Crippen LogP) is 1.04. The van der Waals surface area contributed by atoms with E-state index in [1.165, 1.54) is 0 Å². The van der Waals surface area contributed by atoms with E-state index >= 15 is 0 Å². The van der Waals surface area contributed by atoms with Crippen LogP contribution < -0.4 is 16.4 Å². The van der Waals surface area contributed by atoms with Crippen molar-refractivity contribution in [2.24, 2.45) is 16.6 Å². The summed E-state index contributed by atoms with van der Waals surface area (Å²) in [6.07, 6.45) is 4.59. The number of thiocarbonyl (C=S) groups is 1. The molecule has 5 nitrogen and oxygen atoms in total. The van der Waals surface area contributed by atoms with Crippen molar-refractivity contribution < 1.29 is 4.79 Å². The maximum absolute atomic E-state index is 11.6. The molecule has 0 fully saturated rings. The standard InChI is InChI=1S/C13H14N4OS/c14-11(18)10(12-15-7-4-8-16-12)13(19)17-9-5-2-1-3-6-9/h1-8,10,12,15H,(H2,14,18)(H,17,19). The Labute approximate surface area is 116 Å². The fraction of sp³-hybridized carbons (Fsp3) is 0.154. The van der Waals surface area contributed by atoms with Crippen LogP contribution in [0.15, 0.2) is 47.6 Å². The molecule has 2 atom stereocenters. The predicted molar refractivity (Wildman–Crippen MR) is 79.9 cm³/mol. The molecular weight excluding hydrogens is 260 g/mol. The number of benzene rings is 1. The molecule has 4 N–H and O–H groups in total. The summed E-state index contributed by atoms with van der Waals surface area (Å²) in [5, 5.41) is 5.97. The molecular formula is C13H14N4OS. The number of aliphatic imine (C=N–C) groups is 1. The highest BCUT2D eigenvalue weighted by molar-refractivity contribution is 7.80. The van der Waals surface area contributed by atoms with Gasteiger partial charge in [0.1, 0.15) is 12.1 Å². The Balaban J connectivity index is 2.11. The van der Waals surface area contributed by atoms with E-state index in [0.29, 0.717) is 4.99 Å². The number of hydrogen-bond donors (Lipinski definition) is 3. The topological polar surface area (TPSA) is 79.5 Å². The van der Waals surface area contributed by atoms with E-state index in [0.717, 1.165) is 5.69 Å². The lowest BCUT2D eigenvalue weighted by Gasteiger charge is -2.24. The van der Waals surface area contributed by atoms with E-state index in [1.54, 1.807) is 18.5 Å². The van der Waals surface area contributed by atoms with Gasteiger partial charge in [-0.05, 0) is 24.4 Å². The summed E-state index contributed by atoms with van der Waals surface area (Å²) in [4.78, 5) is 16.1. The molecule has 0 bridgehead atoms. The summed E-state index contributed by atoms with van der Waals surface area (Å²) in [6.45, 7) is 0. The van der Waals surface area contributed by atoms with Crippen molar-refractivity contribution in [1.82, 2.24) is 5.32 Å². The first-order valence-corrected chi connectivity index (χ1v) is 6.19. The molecule has 0 aromatic heterocycles. The molecule has 0 spiro atoms. The van der Waals surface area contributed by atoms with E-state index in [-0.39, 0.29) is 0 Å². The van der Waals surface area contributed by atoms with Gasteiger partial charge in [-0.2, -0.15) is 0 Å².